The van der Waals surface area contributed by atoms with Crippen molar-refractivity contribution in [2.45, 2.75) is 70.0 Å². The lowest BCUT2D eigenvalue weighted by atomic mass is 9.89. The molecule has 1 fully saturated rings. The number of hydrogen-bond acceptors (Lipinski definition) is 7. The number of nitrogens with zero attached hydrogens (tertiary/aromatic N) is 4. The number of halogens is 6. The Balaban J connectivity index is 1.66. The fraction of sp³-hybridized carbons (Fsp3) is 0.519. The number of alkyl halides is 4. The number of aromatic nitrogens is 3. The molecule has 0 bridgehead atoms. The maximum Gasteiger partial charge on any atom is 0.390 e. The predicted octanol–water partition coefficient (Wildman–Crippen LogP) is 5.24. The maximum atomic E-state index is 14.9. The molecule has 3 aromatic rings. The Kier molecular flexibility index (Phi) is 9.30. The highest BCUT2D eigenvalue weighted by molar-refractivity contribution is 7.92. The molecule has 1 aromatic carbocycles. The van der Waals surface area contributed by atoms with Gasteiger partial charge in [0.15, 0.2) is 11.6 Å². The van der Waals surface area contributed by atoms with Gasteiger partial charge >= 0.3 is 6.18 Å². The fourth-order valence-corrected chi connectivity index (χ4v) is 6.26. The van der Waals surface area contributed by atoms with E-state index >= 15 is 0 Å². The molecule has 0 saturated heterocycles. The first-order chi connectivity index (χ1) is 20.0. The van der Waals surface area contributed by atoms with Crippen LogP contribution in [0.4, 0.5) is 38.0 Å². The summed E-state index contributed by atoms with van der Waals surface area (Å²) in [6.07, 6.45) is -4.53. The van der Waals surface area contributed by atoms with Crippen molar-refractivity contribution in [3.05, 3.63) is 46.4 Å². The van der Waals surface area contributed by atoms with Crippen molar-refractivity contribution >= 4 is 32.7 Å². The van der Waals surface area contributed by atoms with Crippen LogP contribution in [0.1, 0.15) is 45.6 Å². The molecule has 0 aliphatic heterocycles. The zero-order valence-corrected chi connectivity index (χ0v) is 24.7. The van der Waals surface area contributed by atoms with Crippen LogP contribution in [0.3, 0.4) is 0 Å². The summed E-state index contributed by atoms with van der Waals surface area (Å²) in [5.41, 5.74) is -1.96. The summed E-state index contributed by atoms with van der Waals surface area (Å²) in [7, 11) is -1.07. The van der Waals surface area contributed by atoms with Gasteiger partial charge in [-0.2, -0.15) is 18.2 Å². The smallest absolute Gasteiger partial charge is 0.351 e. The average Bonchev–Trinajstić information content (AvgIpc) is 2.88. The van der Waals surface area contributed by atoms with Crippen LogP contribution in [0.25, 0.3) is 22.2 Å². The molecular formula is C27H32F6N6O3S. The van der Waals surface area contributed by atoms with Gasteiger partial charge < -0.3 is 10.2 Å². The Morgan fingerprint density at radius 3 is 2.33 bits per heavy atom. The minimum Gasteiger partial charge on any atom is -0.351 e. The first-order valence-electron chi connectivity index (χ1n) is 13.5. The van der Waals surface area contributed by atoms with Crippen LogP contribution in [0.2, 0.25) is 0 Å². The monoisotopic (exact) mass is 634 g/mol. The highest BCUT2D eigenvalue weighted by Crippen LogP contribution is 2.31. The summed E-state index contributed by atoms with van der Waals surface area (Å²) in [4.78, 5) is 24.2. The Morgan fingerprint density at radius 2 is 1.77 bits per heavy atom. The van der Waals surface area contributed by atoms with E-state index in [0.717, 1.165) is 0 Å². The lowest BCUT2D eigenvalue weighted by Crippen LogP contribution is -2.44. The minimum atomic E-state index is -4.79. The lowest BCUT2D eigenvalue weighted by Gasteiger charge is -2.35. The number of rotatable bonds is 9. The van der Waals surface area contributed by atoms with E-state index in [4.69, 9.17) is 0 Å². The number of fused-ring (bicyclic) bond motifs is 1. The molecule has 0 radical (unpaired) electrons. The highest BCUT2D eigenvalue weighted by atomic mass is 32.2. The minimum absolute atomic E-state index is 0.142. The number of pyridine rings is 1. The summed E-state index contributed by atoms with van der Waals surface area (Å²) < 4.78 is 109. The molecule has 1 aliphatic rings. The van der Waals surface area contributed by atoms with Crippen molar-refractivity contribution < 1.29 is 34.8 Å². The van der Waals surface area contributed by atoms with E-state index in [2.05, 4.69) is 15.3 Å². The average molecular weight is 635 g/mol. The van der Waals surface area contributed by atoms with Crippen molar-refractivity contribution in [1.82, 2.24) is 19.4 Å². The molecule has 2 N–H and O–H groups in total. The van der Waals surface area contributed by atoms with Gasteiger partial charge in [-0.25, -0.2) is 26.6 Å². The molecule has 0 unspecified atom stereocenters. The summed E-state index contributed by atoms with van der Waals surface area (Å²) >= 11 is 0. The van der Waals surface area contributed by atoms with E-state index in [1.165, 1.54) is 21.6 Å². The zero-order valence-electron chi connectivity index (χ0n) is 23.8. The molecule has 2 heterocycles. The summed E-state index contributed by atoms with van der Waals surface area (Å²) in [5.74, 6) is -4.09. The summed E-state index contributed by atoms with van der Waals surface area (Å²) in [6.45, 7) is 3.41. The normalized spacial score (nSPS) is 19.8. The maximum absolute atomic E-state index is 14.9. The van der Waals surface area contributed by atoms with Crippen molar-refractivity contribution in [2.75, 3.05) is 29.9 Å². The second-order valence-corrected chi connectivity index (χ2v) is 12.9. The van der Waals surface area contributed by atoms with Gasteiger partial charge in [-0.15, -0.1) is 0 Å². The third-order valence-electron chi connectivity index (χ3n) is 7.29. The predicted molar refractivity (Wildman–Crippen MR) is 151 cm³/mol. The number of nitrogens with one attached hydrogen (secondary N) is 2. The van der Waals surface area contributed by atoms with Crippen molar-refractivity contribution in [1.29, 1.82) is 0 Å². The molecule has 0 spiro atoms. The number of sulfonamides is 1. The fourth-order valence-electron chi connectivity index (χ4n) is 5.15. The third kappa shape index (κ3) is 7.58. The van der Waals surface area contributed by atoms with Crippen molar-refractivity contribution in [3.8, 4) is 11.1 Å². The quantitative estimate of drug-likeness (QED) is 0.310. The Morgan fingerprint density at radius 1 is 1.12 bits per heavy atom. The van der Waals surface area contributed by atoms with Gasteiger partial charge in [-0.1, -0.05) is 0 Å². The Labute approximate surface area is 244 Å². The van der Waals surface area contributed by atoms with Gasteiger partial charge in [0.05, 0.1) is 12.2 Å². The van der Waals surface area contributed by atoms with Crippen molar-refractivity contribution in [2.24, 2.45) is 0 Å². The van der Waals surface area contributed by atoms with E-state index in [9.17, 15) is 39.6 Å². The van der Waals surface area contributed by atoms with Gasteiger partial charge in [-0.3, -0.25) is 14.1 Å². The highest BCUT2D eigenvalue weighted by Gasteiger charge is 2.33. The first-order valence-corrected chi connectivity index (χ1v) is 15.2. The Hall–Kier alpha value is -3.40. The lowest BCUT2D eigenvalue weighted by molar-refractivity contribution is -0.129. The zero-order chi connectivity index (χ0) is 31.9. The largest absolute Gasteiger partial charge is 0.390 e. The van der Waals surface area contributed by atoms with Gasteiger partial charge in [0.2, 0.25) is 16.0 Å². The number of benzene rings is 1. The van der Waals surface area contributed by atoms with Crippen LogP contribution < -0.4 is 15.6 Å². The SMILES string of the molecule is CC(C)n1c(=O)c(-c2cc(F)c(NS(=O)(=O)CCC(F)(F)F)c(F)c2)cc2cnc(N[C@H]3CC[C@H](N(C)C)[C@@H](F)C3)nc21. The second-order valence-electron chi connectivity index (χ2n) is 11.1. The molecule has 1 aliphatic carbocycles. The molecule has 43 heavy (non-hydrogen) atoms. The first kappa shape index (κ1) is 32.5. The topological polar surface area (TPSA) is 109 Å². The summed E-state index contributed by atoms with van der Waals surface area (Å²) in [5, 5.41) is 3.49. The van der Waals surface area contributed by atoms with Gasteiger partial charge in [0, 0.05) is 41.7 Å². The van der Waals surface area contributed by atoms with Crippen LogP contribution in [0.5, 0.6) is 0 Å². The molecular weight excluding hydrogens is 602 g/mol. The molecule has 4 rings (SSSR count). The molecule has 9 nitrogen and oxygen atoms in total. The molecule has 2 aromatic heterocycles. The molecule has 0 amide bonds. The molecule has 3 atom stereocenters. The third-order valence-corrected chi connectivity index (χ3v) is 8.55. The number of hydrogen-bond donors (Lipinski definition) is 2. The van der Waals surface area contributed by atoms with Crippen LogP contribution >= 0.6 is 0 Å². The van der Waals surface area contributed by atoms with E-state index < -0.39 is 63.5 Å². The van der Waals surface area contributed by atoms with E-state index in [1.807, 2.05) is 19.0 Å². The van der Waals surface area contributed by atoms with E-state index in [1.54, 1.807) is 13.8 Å². The molecule has 1 saturated carbocycles. The Bertz CT molecular complexity index is 1640. The van der Waals surface area contributed by atoms with E-state index in [0.29, 0.717) is 30.4 Å². The molecule has 16 heteroatoms. The van der Waals surface area contributed by atoms with Gasteiger partial charge in [0.25, 0.3) is 5.56 Å². The summed E-state index contributed by atoms with van der Waals surface area (Å²) in [6, 6.07) is 1.90. The van der Waals surface area contributed by atoms with Crippen LogP contribution in [0.15, 0.2) is 29.2 Å². The standard InChI is InChI=1S/C27H32F6N6O3S/c1-14(2)39-24-16(13-34-26(36-24)35-17-5-6-22(38(3)4)19(28)12-17)9-18(25(39)40)15-10-20(29)23(21(30)11-15)37-43(41,42)8-7-27(31,32)33/h9-11,13-14,17,19,22,37H,5-8,12H2,1-4H3,(H,34,35,36)/t17-,19-,22-/m0/s1. The molecule has 236 valence electrons. The van der Waals surface area contributed by atoms with Crippen LogP contribution in [-0.4, -0.2) is 72.1 Å². The van der Waals surface area contributed by atoms with Crippen LogP contribution in [-0.2, 0) is 10.0 Å². The van der Waals surface area contributed by atoms with E-state index in [-0.39, 0.29) is 41.2 Å². The van der Waals surface area contributed by atoms with Crippen molar-refractivity contribution in [3.63, 3.8) is 0 Å². The second kappa shape index (κ2) is 12.3. The van der Waals surface area contributed by atoms with Gasteiger partial charge in [0.1, 0.15) is 17.5 Å². The van der Waals surface area contributed by atoms with Crippen LogP contribution in [0, 0.1) is 11.6 Å². The van der Waals surface area contributed by atoms with Gasteiger partial charge in [-0.05, 0) is 64.5 Å². The number of anilines is 2.